The van der Waals surface area contributed by atoms with Gasteiger partial charge in [0.2, 0.25) is 0 Å². The van der Waals surface area contributed by atoms with Crippen LogP contribution in [0.4, 0.5) is 0 Å². The van der Waals surface area contributed by atoms with Crippen molar-refractivity contribution < 1.29 is 4.79 Å². The number of carbonyl (C=O) groups is 1. The molecule has 0 radical (unpaired) electrons. The standard InChI is InChI=1S/C13H17BrN2O/c1-16-7-6-15-12(9-16)8-13(17)10-2-4-11(14)5-3-10/h2-5,12,15H,6-9H2,1H3. The van der Waals surface area contributed by atoms with E-state index in [1.54, 1.807) is 0 Å². The molecule has 0 spiro atoms. The smallest absolute Gasteiger partial charge is 0.164 e. The van der Waals surface area contributed by atoms with E-state index in [1.165, 1.54) is 0 Å². The summed E-state index contributed by atoms with van der Waals surface area (Å²) in [6.07, 6.45) is 0.575. The number of rotatable bonds is 3. The van der Waals surface area contributed by atoms with Crippen molar-refractivity contribution in [2.45, 2.75) is 12.5 Å². The summed E-state index contributed by atoms with van der Waals surface area (Å²) in [5.74, 6) is 0.213. The molecule has 1 fully saturated rings. The fourth-order valence-corrected chi connectivity index (χ4v) is 2.37. The van der Waals surface area contributed by atoms with Crippen molar-refractivity contribution in [3.8, 4) is 0 Å². The molecule has 1 aliphatic rings. The van der Waals surface area contributed by atoms with Crippen molar-refractivity contribution in [1.29, 1.82) is 0 Å². The Morgan fingerprint density at radius 2 is 2.18 bits per heavy atom. The molecule has 17 heavy (non-hydrogen) atoms. The van der Waals surface area contributed by atoms with E-state index in [2.05, 4.69) is 33.2 Å². The van der Waals surface area contributed by atoms with Crippen LogP contribution in [0.5, 0.6) is 0 Å². The van der Waals surface area contributed by atoms with E-state index in [0.29, 0.717) is 6.42 Å². The van der Waals surface area contributed by atoms with Gasteiger partial charge in [0.15, 0.2) is 5.78 Å². The molecule has 0 aliphatic carbocycles. The van der Waals surface area contributed by atoms with Gasteiger partial charge < -0.3 is 10.2 Å². The van der Waals surface area contributed by atoms with Crippen molar-refractivity contribution in [2.75, 3.05) is 26.7 Å². The zero-order chi connectivity index (χ0) is 12.3. The topological polar surface area (TPSA) is 32.3 Å². The summed E-state index contributed by atoms with van der Waals surface area (Å²) in [5, 5.41) is 3.39. The van der Waals surface area contributed by atoms with Gasteiger partial charge in [-0.15, -0.1) is 0 Å². The highest BCUT2D eigenvalue weighted by Crippen LogP contribution is 2.13. The molecule has 2 rings (SSSR count). The van der Waals surface area contributed by atoms with Gasteiger partial charge >= 0.3 is 0 Å². The van der Waals surface area contributed by atoms with Crippen molar-refractivity contribution >= 4 is 21.7 Å². The predicted octanol–water partition coefficient (Wildman–Crippen LogP) is 1.93. The van der Waals surface area contributed by atoms with Crippen LogP contribution in [0.1, 0.15) is 16.8 Å². The molecule has 1 aromatic carbocycles. The lowest BCUT2D eigenvalue weighted by molar-refractivity contribution is 0.0952. The highest BCUT2D eigenvalue weighted by atomic mass is 79.9. The number of hydrogen-bond acceptors (Lipinski definition) is 3. The number of nitrogens with one attached hydrogen (secondary N) is 1. The number of carbonyl (C=O) groups excluding carboxylic acids is 1. The molecule has 0 amide bonds. The molecule has 1 aromatic rings. The van der Waals surface area contributed by atoms with Gasteiger partial charge in [0.25, 0.3) is 0 Å². The zero-order valence-electron chi connectivity index (χ0n) is 9.95. The van der Waals surface area contributed by atoms with Crippen LogP contribution in [0.2, 0.25) is 0 Å². The molecule has 92 valence electrons. The maximum absolute atomic E-state index is 12.1. The van der Waals surface area contributed by atoms with Gasteiger partial charge in [-0.2, -0.15) is 0 Å². The van der Waals surface area contributed by atoms with Crippen LogP contribution in [-0.2, 0) is 0 Å². The number of piperazine rings is 1. The Bertz CT molecular complexity index is 391. The minimum Gasteiger partial charge on any atom is -0.311 e. The van der Waals surface area contributed by atoms with E-state index < -0.39 is 0 Å². The third-order valence-corrected chi connectivity index (χ3v) is 3.59. The first-order valence-electron chi connectivity index (χ1n) is 5.86. The summed E-state index contributed by atoms with van der Waals surface area (Å²) in [5.41, 5.74) is 0.795. The number of halogens is 1. The van der Waals surface area contributed by atoms with Crippen LogP contribution in [0.3, 0.4) is 0 Å². The van der Waals surface area contributed by atoms with Crippen LogP contribution in [0.25, 0.3) is 0 Å². The van der Waals surface area contributed by atoms with Crippen molar-refractivity contribution in [2.24, 2.45) is 0 Å². The van der Waals surface area contributed by atoms with Crippen molar-refractivity contribution in [3.63, 3.8) is 0 Å². The minimum atomic E-state index is 0.213. The number of benzene rings is 1. The van der Waals surface area contributed by atoms with Crippen molar-refractivity contribution in [3.05, 3.63) is 34.3 Å². The normalized spacial score (nSPS) is 21.4. The average Bonchev–Trinajstić information content (AvgIpc) is 2.29. The minimum absolute atomic E-state index is 0.213. The molecular weight excluding hydrogens is 280 g/mol. The highest BCUT2D eigenvalue weighted by molar-refractivity contribution is 9.10. The van der Waals surface area contributed by atoms with E-state index in [-0.39, 0.29) is 11.8 Å². The first kappa shape index (κ1) is 12.7. The number of ketones is 1. The summed E-state index contributed by atoms with van der Waals surface area (Å²) >= 11 is 3.37. The summed E-state index contributed by atoms with van der Waals surface area (Å²) < 4.78 is 1.00. The van der Waals surface area contributed by atoms with Gasteiger partial charge in [0.1, 0.15) is 0 Å². The fraction of sp³-hybridized carbons (Fsp3) is 0.462. The summed E-state index contributed by atoms with van der Waals surface area (Å²) in [6.45, 7) is 2.97. The van der Waals surface area contributed by atoms with Crippen LogP contribution in [0, 0.1) is 0 Å². The Kier molecular flexibility index (Phi) is 4.31. The first-order valence-corrected chi connectivity index (χ1v) is 6.65. The van der Waals surface area contributed by atoms with Crippen LogP contribution < -0.4 is 5.32 Å². The van der Waals surface area contributed by atoms with Crippen LogP contribution >= 0.6 is 15.9 Å². The van der Waals surface area contributed by atoms with E-state index in [1.807, 2.05) is 24.3 Å². The lowest BCUT2D eigenvalue weighted by atomic mass is 10.0. The molecule has 1 N–H and O–H groups in total. The third kappa shape index (κ3) is 3.63. The maximum Gasteiger partial charge on any atom is 0.164 e. The second-order valence-electron chi connectivity index (χ2n) is 4.55. The Hall–Kier alpha value is -0.710. The molecule has 0 saturated carbocycles. The average molecular weight is 297 g/mol. The summed E-state index contributed by atoms with van der Waals surface area (Å²) in [6, 6.07) is 7.85. The molecule has 4 heteroatoms. The third-order valence-electron chi connectivity index (χ3n) is 3.06. The molecule has 3 nitrogen and oxygen atoms in total. The molecule has 1 aliphatic heterocycles. The Labute approximate surface area is 110 Å². The molecule has 1 atom stereocenters. The molecule has 1 heterocycles. The monoisotopic (exact) mass is 296 g/mol. The lowest BCUT2D eigenvalue weighted by Gasteiger charge is -2.30. The Morgan fingerprint density at radius 1 is 1.47 bits per heavy atom. The van der Waals surface area contributed by atoms with Gasteiger partial charge in [0, 0.05) is 42.1 Å². The molecule has 0 aromatic heterocycles. The number of nitrogens with zero attached hydrogens (tertiary/aromatic N) is 1. The molecule has 1 saturated heterocycles. The van der Waals surface area contributed by atoms with Crippen molar-refractivity contribution in [1.82, 2.24) is 10.2 Å². The molecule has 1 unspecified atom stereocenters. The highest BCUT2D eigenvalue weighted by Gasteiger charge is 2.19. The second kappa shape index (κ2) is 5.76. The Morgan fingerprint density at radius 3 is 2.82 bits per heavy atom. The van der Waals surface area contributed by atoms with Gasteiger partial charge in [-0.05, 0) is 19.2 Å². The molecular formula is C13H17BrN2O. The van der Waals surface area contributed by atoms with Gasteiger partial charge in [-0.25, -0.2) is 0 Å². The predicted molar refractivity (Wildman–Crippen MR) is 72.4 cm³/mol. The summed E-state index contributed by atoms with van der Waals surface area (Å²) in [7, 11) is 2.10. The first-order chi connectivity index (χ1) is 8.15. The number of hydrogen-bond donors (Lipinski definition) is 1. The fourth-order valence-electron chi connectivity index (χ4n) is 2.11. The second-order valence-corrected chi connectivity index (χ2v) is 5.46. The number of Topliss-reactive ketones (excluding diaryl/α,β-unsaturated/α-hetero) is 1. The SMILES string of the molecule is CN1CCNC(CC(=O)c2ccc(Br)cc2)C1. The molecule has 0 bridgehead atoms. The van der Waals surface area contributed by atoms with E-state index >= 15 is 0 Å². The van der Waals surface area contributed by atoms with Gasteiger partial charge in [0.05, 0.1) is 0 Å². The van der Waals surface area contributed by atoms with E-state index in [4.69, 9.17) is 0 Å². The van der Waals surface area contributed by atoms with E-state index in [0.717, 1.165) is 29.7 Å². The summed E-state index contributed by atoms with van der Waals surface area (Å²) in [4.78, 5) is 14.3. The maximum atomic E-state index is 12.1. The van der Waals surface area contributed by atoms with Crippen LogP contribution in [0.15, 0.2) is 28.7 Å². The lowest BCUT2D eigenvalue weighted by Crippen LogP contribution is -2.49. The quantitative estimate of drug-likeness (QED) is 0.865. The van der Waals surface area contributed by atoms with Gasteiger partial charge in [-0.1, -0.05) is 28.1 Å². The van der Waals surface area contributed by atoms with E-state index in [9.17, 15) is 4.79 Å². The van der Waals surface area contributed by atoms with Gasteiger partial charge in [-0.3, -0.25) is 4.79 Å². The Balaban J connectivity index is 1.94. The number of likely N-dealkylation sites (N-methyl/N-ethyl adjacent to an activating group) is 1. The largest absolute Gasteiger partial charge is 0.311 e. The zero-order valence-corrected chi connectivity index (χ0v) is 11.5. The van der Waals surface area contributed by atoms with Crippen LogP contribution in [-0.4, -0.2) is 43.4 Å².